The first-order valence-electron chi connectivity index (χ1n) is 6.19. The molecule has 0 heterocycles. The van der Waals surface area contributed by atoms with Crippen LogP contribution in [0.25, 0.3) is 0 Å². The van der Waals surface area contributed by atoms with Gasteiger partial charge < -0.3 is 15.7 Å². The van der Waals surface area contributed by atoms with Gasteiger partial charge in [-0.05, 0) is 40.5 Å². The number of unbranched alkanes of at least 4 members (excludes halogenated alkanes) is 1. The van der Waals surface area contributed by atoms with Crippen LogP contribution in [-0.2, 0) is 4.79 Å². The molecular formula is C13H16Br2N2O3. The van der Waals surface area contributed by atoms with Crippen LogP contribution in [0.3, 0.4) is 0 Å². The smallest absolute Gasteiger partial charge is 0.326 e. The fraction of sp³-hybridized carbons (Fsp3) is 0.385. The van der Waals surface area contributed by atoms with Gasteiger partial charge in [-0.2, -0.15) is 0 Å². The standard InChI is InChI=1S/C13H16Br2N2O3/c1-2-3-4-11(12(18)19)17-13(20)16-10-6-5-8(14)7-9(10)15/h5-7,11H,2-4H2,1H3,(H,18,19)(H2,16,17,20)/t11-/m0/s1. The van der Waals surface area contributed by atoms with Crippen molar-refractivity contribution >= 4 is 49.5 Å². The Labute approximate surface area is 134 Å². The number of halogens is 2. The van der Waals surface area contributed by atoms with Crippen LogP contribution in [0, 0.1) is 0 Å². The van der Waals surface area contributed by atoms with Crippen LogP contribution < -0.4 is 10.6 Å². The van der Waals surface area contributed by atoms with Crippen LogP contribution in [0.2, 0.25) is 0 Å². The molecule has 0 unspecified atom stereocenters. The first kappa shape index (κ1) is 17.0. The number of carboxylic acid groups (broad SMARTS) is 1. The van der Waals surface area contributed by atoms with Gasteiger partial charge >= 0.3 is 12.0 Å². The van der Waals surface area contributed by atoms with Crippen LogP contribution in [0.1, 0.15) is 26.2 Å². The van der Waals surface area contributed by atoms with E-state index in [0.717, 1.165) is 17.3 Å². The summed E-state index contributed by atoms with van der Waals surface area (Å²) >= 11 is 6.64. The van der Waals surface area contributed by atoms with E-state index in [1.165, 1.54) is 0 Å². The van der Waals surface area contributed by atoms with Gasteiger partial charge in [0, 0.05) is 8.95 Å². The van der Waals surface area contributed by atoms with E-state index >= 15 is 0 Å². The maximum absolute atomic E-state index is 11.8. The lowest BCUT2D eigenvalue weighted by molar-refractivity contribution is -0.139. The van der Waals surface area contributed by atoms with E-state index in [0.29, 0.717) is 16.6 Å². The molecule has 0 aromatic heterocycles. The number of hydrogen-bond acceptors (Lipinski definition) is 2. The molecule has 0 aliphatic heterocycles. The largest absolute Gasteiger partial charge is 0.480 e. The predicted octanol–water partition coefficient (Wildman–Crippen LogP) is 3.98. The second-order valence-electron chi connectivity index (χ2n) is 4.26. The monoisotopic (exact) mass is 406 g/mol. The van der Waals surface area contributed by atoms with E-state index in [1.807, 2.05) is 6.92 Å². The molecule has 7 heteroatoms. The normalized spacial score (nSPS) is 11.8. The molecule has 0 spiro atoms. The Bertz CT molecular complexity index is 495. The molecule has 110 valence electrons. The van der Waals surface area contributed by atoms with Gasteiger partial charge in [-0.3, -0.25) is 0 Å². The van der Waals surface area contributed by atoms with Crippen molar-refractivity contribution in [3.05, 3.63) is 27.1 Å². The third kappa shape index (κ3) is 5.50. The molecule has 1 aromatic carbocycles. The average molecular weight is 408 g/mol. The molecule has 1 atom stereocenters. The zero-order valence-corrected chi connectivity index (χ0v) is 14.1. The lowest BCUT2D eigenvalue weighted by Crippen LogP contribution is -2.43. The molecular weight excluding hydrogens is 392 g/mol. The van der Waals surface area contributed by atoms with Gasteiger partial charge in [-0.1, -0.05) is 35.7 Å². The minimum absolute atomic E-state index is 0.417. The highest BCUT2D eigenvalue weighted by Gasteiger charge is 2.19. The topological polar surface area (TPSA) is 78.4 Å². The summed E-state index contributed by atoms with van der Waals surface area (Å²) in [6.45, 7) is 1.97. The molecule has 0 bridgehead atoms. The predicted molar refractivity (Wildman–Crippen MR) is 84.9 cm³/mol. The van der Waals surface area contributed by atoms with Crippen molar-refractivity contribution in [3.63, 3.8) is 0 Å². The van der Waals surface area contributed by atoms with Crippen molar-refractivity contribution in [2.24, 2.45) is 0 Å². The molecule has 0 aliphatic carbocycles. The van der Waals surface area contributed by atoms with E-state index in [2.05, 4.69) is 42.5 Å². The van der Waals surface area contributed by atoms with Crippen molar-refractivity contribution < 1.29 is 14.7 Å². The average Bonchev–Trinajstić information content (AvgIpc) is 2.37. The summed E-state index contributed by atoms with van der Waals surface area (Å²) in [6, 6.07) is 3.89. The first-order chi connectivity index (χ1) is 9.43. The molecule has 0 aliphatic rings. The SMILES string of the molecule is CCCC[C@H](NC(=O)Nc1ccc(Br)cc1Br)C(=O)O. The number of amides is 2. The molecule has 1 rings (SSSR count). The van der Waals surface area contributed by atoms with Crippen LogP contribution in [-0.4, -0.2) is 23.1 Å². The Kier molecular flexibility index (Phi) is 7.01. The van der Waals surface area contributed by atoms with Gasteiger partial charge in [-0.15, -0.1) is 0 Å². The van der Waals surface area contributed by atoms with Gasteiger partial charge in [-0.25, -0.2) is 9.59 Å². The van der Waals surface area contributed by atoms with Crippen molar-refractivity contribution in [3.8, 4) is 0 Å². The van der Waals surface area contributed by atoms with E-state index in [1.54, 1.807) is 18.2 Å². The maximum Gasteiger partial charge on any atom is 0.326 e. The van der Waals surface area contributed by atoms with Crippen LogP contribution in [0.5, 0.6) is 0 Å². The molecule has 20 heavy (non-hydrogen) atoms. The Morgan fingerprint density at radius 1 is 1.35 bits per heavy atom. The Balaban J connectivity index is 2.63. The molecule has 0 saturated heterocycles. The minimum Gasteiger partial charge on any atom is -0.480 e. The number of anilines is 1. The lowest BCUT2D eigenvalue weighted by atomic mass is 10.1. The number of rotatable bonds is 6. The van der Waals surface area contributed by atoms with Crippen molar-refractivity contribution in [1.29, 1.82) is 0 Å². The third-order valence-corrected chi connectivity index (χ3v) is 3.78. The Morgan fingerprint density at radius 3 is 2.60 bits per heavy atom. The highest BCUT2D eigenvalue weighted by Crippen LogP contribution is 2.26. The number of carbonyl (C=O) groups is 2. The first-order valence-corrected chi connectivity index (χ1v) is 7.78. The second kappa shape index (κ2) is 8.26. The number of aliphatic carboxylic acids is 1. The van der Waals surface area contributed by atoms with Gasteiger partial charge in [0.05, 0.1) is 5.69 Å². The summed E-state index contributed by atoms with van der Waals surface area (Å²) in [5, 5.41) is 14.1. The summed E-state index contributed by atoms with van der Waals surface area (Å²) in [5.41, 5.74) is 0.574. The number of benzene rings is 1. The molecule has 2 amide bonds. The number of nitrogens with one attached hydrogen (secondary N) is 2. The van der Waals surface area contributed by atoms with Crippen LogP contribution in [0.15, 0.2) is 27.1 Å². The second-order valence-corrected chi connectivity index (χ2v) is 6.03. The Morgan fingerprint density at radius 2 is 2.05 bits per heavy atom. The van der Waals surface area contributed by atoms with Gasteiger partial charge in [0.25, 0.3) is 0 Å². The zero-order valence-electron chi connectivity index (χ0n) is 11.0. The quantitative estimate of drug-likeness (QED) is 0.667. The summed E-state index contributed by atoms with van der Waals surface area (Å²) in [5.74, 6) is -1.02. The lowest BCUT2D eigenvalue weighted by Gasteiger charge is -2.15. The van der Waals surface area contributed by atoms with E-state index in [9.17, 15) is 9.59 Å². The highest BCUT2D eigenvalue weighted by atomic mass is 79.9. The van der Waals surface area contributed by atoms with Crippen molar-refractivity contribution in [1.82, 2.24) is 5.32 Å². The maximum atomic E-state index is 11.8. The summed E-state index contributed by atoms with van der Waals surface area (Å²) in [6.07, 6.45) is 2.05. The molecule has 1 aromatic rings. The van der Waals surface area contributed by atoms with Crippen molar-refractivity contribution in [2.75, 3.05) is 5.32 Å². The van der Waals surface area contributed by atoms with Crippen LogP contribution in [0.4, 0.5) is 10.5 Å². The molecule has 0 radical (unpaired) electrons. The number of hydrogen-bond donors (Lipinski definition) is 3. The fourth-order valence-corrected chi connectivity index (χ4v) is 2.72. The minimum atomic E-state index is -1.02. The number of carbonyl (C=O) groups excluding carboxylic acids is 1. The van der Waals surface area contributed by atoms with Crippen LogP contribution >= 0.6 is 31.9 Å². The highest BCUT2D eigenvalue weighted by molar-refractivity contribution is 9.11. The number of urea groups is 1. The number of carboxylic acids is 1. The molecule has 5 nitrogen and oxygen atoms in total. The summed E-state index contributed by atoms with van der Waals surface area (Å²) < 4.78 is 1.59. The fourth-order valence-electron chi connectivity index (χ4n) is 1.57. The summed E-state index contributed by atoms with van der Waals surface area (Å²) in [4.78, 5) is 22.9. The van der Waals surface area contributed by atoms with E-state index in [4.69, 9.17) is 5.11 Å². The van der Waals surface area contributed by atoms with E-state index < -0.39 is 18.0 Å². The zero-order chi connectivity index (χ0) is 15.1. The molecule has 0 fully saturated rings. The van der Waals surface area contributed by atoms with Gasteiger partial charge in [0.2, 0.25) is 0 Å². The van der Waals surface area contributed by atoms with Gasteiger partial charge in [0.1, 0.15) is 6.04 Å². The van der Waals surface area contributed by atoms with E-state index in [-0.39, 0.29) is 0 Å². The summed E-state index contributed by atoms with van der Waals surface area (Å²) in [7, 11) is 0. The molecule has 3 N–H and O–H groups in total. The van der Waals surface area contributed by atoms with Gasteiger partial charge in [0.15, 0.2) is 0 Å². The third-order valence-electron chi connectivity index (χ3n) is 2.63. The Hall–Kier alpha value is -1.08. The van der Waals surface area contributed by atoms with Crippen molar-refractivity contribution in [2.45, 2.75) is 32.2 Å². The molecule has 0 saturated carbocycles.